The Labute approximate surface area is 190 Å². The lowest BCUT2D eigenvalue weighted by Crippen LogP contribution is -2.38. The molecular weight excluding hydrogens is 400 g/mol. The fraction of sp³-hybridized carbons (Fsp3) is 0.400. The summed E-state index contributed by atoms with van der Waals surface area (Å²) >= 11 is 0. The van der Waals surface area contributed by atoms with Crippen LogP contribution in [0.3, 0.4) is 0 Å². The summed E-state index contributed by atoms with van der Waals surface area (Å²) in [5.74, 6) is 1.88. The molecule has 0 aliphatic carbocycles. The number of guanidine groups is 1. The van der Waals surface area contributed by atoms with Crippen LogP contribution < -0.4 is 10.6 Å². The molecule has 7 heteroatoms. The summed E-state index contributed by atoms with van der Waals surface area (Å²) in [7, 11) is 3.54. The highest BCUT2D eigenvalue weighted by atomic mass is 16.2. The van der Waals surface area contributed by atoms with Crippen LogP contribution in [0.5, 0.6) is 0 Å². The number of aliphatic imine (C=N–C) groups is 1. The molecule has 3 aromatic rings. The minimum atomic E-state index is 0.0237. The molecule has 170 valence electrons. The van der Waals surface area contributed by atoms with E-state index in [1.165, 1.54) is 5.52 Å². The lowest BCUT2D eigenvalue weighted by molar-refractivity contribution is 0.0827. The van der Waals surface area contributed by atoms with Gasteiger partial charge in [0, 0.05) is 45.8 Å². The Morgan fingerprint density at radius 1 is 1.12 bits per heavy atom. The minimum absolute atomic E-state index is 0.0237. The van der Waals surface area contributed by atoms with Crippen LogP contribution in [0.15, 0.2) is 53.5 Å². The molecule has 0 atom stereocenters. The number of amides is 1. The second kappa shape index (κ2) is 11.3. The Kier molecular flexibility index (Phi) is 8.25. The summed E-state index contributed by atoms with van der Waals surface area (Å²) in [5.41, 5.74) is 4.06. The van der Waals surface area contributed by atoms with Crippen LogP contribution in [0.4, 0.5) is 0 Å². The highest BCUT2D eigenvalue weighted by Gasteiger charge is 2.08. The van der Waals surface area contributed by atoms with Crippen molar-refractivity contribution in [3.8, 4) is 0 Å². The van der Waals surface area contributed by atoms with Gasteiger partial charge < -0.3 is 20.1 Å². The first-order chi connectivity index (χ1) is 15.5. The van der Waals surface area contributed by atoms with Gasteiger partial charge >= 0.3 is 0 Å². The summed E-state index contributed by atoms with van der Waals surface area (Å²) in [6.45, 7) is 7.29. The monoisotopic (exact) mass is 434 g/mol. The van der Waals surface area contributed by atoms with E-state index >= 15 is 0 Å². The van der Waals surface area contributed by atoms with E-state index in [0.717, 1.165) is 67.4 Å². The molecule has 0 aliphatic heterocycles. The van der Waals surface area contributed by atoms with E-state index in [9.17, 15) is 4.79 Å². The van der Waals surface area contributed by atoms with Crippen LogP contribution in [-0.2, 0) is 13.0 Å². The fourth-order valence-corrected chi connectivity index (χ4v) is 3.68. The number of imidazole rings is 1. The summed E-state index contributed by atoms with van der Waals surface area (Å²) in [6.07, 6.45) is 1.76. The van der Waals surface area contributed by atoms with Crippen LogP contribution in [0.2, 0.25) is 0 Å². The molecule has 0 bridgehead atoms. The van der Waals surface area contributed by atoms with Crippen LogP contribution in [0.25, 0.3) is 11.0 Å². The number of rotatable bonds is 9. The number of nitrogens with one attached hydrogen (secondary N) is 2. The molecule has 3 rings (SSSR count). The van der Waals surface area contributed by atoms with Gasteiger partial charge in [-0.15, -0.1) is 0 Å². The largest absolute Gasteiger partial charge is 0.357 e. The quantitative estimate of drug-likeness (QED) is 0.308. The topological polar surface area (TPSA) is 74.5 Å². The summed E-state index contributed by atoms with van der Waals surface area (Å²) in [4.78, 5) is 23.1. The summed E-state index contributed by atoms with van der Waals surface area (Å²) in [6, 6.07) is 16.1. The maximum Gasteiger partial charge on any atom is 0.253 e. The van der Waals surface area contributed by atoms with E-state index in [1.54, 1.807) is 19.0 Å². The third-order valence-electron chi connectivity index (χ3n) is 5.29. The van der Waals surface area contributed by atoms with Crippen molar-refractivity contribution in [1.29, 1.82) is 0 Å². The maximum absolute atomic E-state index is 12.2. The van der Waals surface area contributed by atoms with Crippen molar-refractivity contribution in [3.05, 3.63) is 65.5 Å². The van der Waals surface area contributed by atoms with Crippen molar-refractivity contribution in [3.63, 3.8) is 0 Å². The third-order valence-corrected chi connectivity index (χ3v) is 5.29. The molecule has 1 aromatic heterocycles. The number of hydrogen-bond acceptors (Lipinski definition) is 3. The second-order valence-electron chi connectivity index (χ2n) is 7.99. The van der Waals surface area contributed by atoms with Gasteiger partial charge in [-0.1, -0.05) is 24.3 Å². The fourth-order valence-electron chi connectivity index (χ4n) is 3.68. The molecule has 32 heavy (non-hydrogen) atoms. The average Bonchev–Trinajstić information content (AvgIpc) is 3.11. The number of benzene rings is 2. The van der Waals surface area contributed by atoms with Crippen molar-refractivity contribution in [2.45, 2.75) is 33.2 Å². The molecule has 0 unspecified atom stereocenters. The molecule has 0 saturated heterocycles. The lowest BCUT2D eigenvalue weighted by atomic mass is 10.1. The average molecular weight is 435 g/mol. The molecule has 7 nitrogen and oxygen atoms in total. The Bertz CT molecular complexity index is 1070. The first-order valence-electron chi connectivity index (χ1n) is 11.2. The molecule has 0 saturated carbocycles. The van der Waals surface area contributed by atoms with Gasteiger partial charge in [0.05, 0.1) is 11.0 Å². The van der Waals surface area contributed by atoms with Gasteiger partial charge in [0.2, 0.25) is 0 Å². The van der Waals surface area contributed by atoms with Gasteiger partial charge in [-0.3, -0.25) is 9.79 Å². The molecule has 0 aliphatic rings. The van der Waals surface area contributed by atoms with Crippen molar-refractivity contribution in [1.82, 2.24) is 25.1 Å². The number of carbonyl (C=O) groups excluding carboxylic acids is 1. The lowest BCUT2D eigenvalue weighted by Gasteiger charge is -2.13. The molecule has 0 fully saturated rings. The first-order valence-corrected chi connectivity index (χ1v) is 11.2. The number of carbonyl (C=O) groups is 1. The molecule has 2 aromatic carbocycles. The van der Waals surface area contributed by atoms with Crippen molar-refractivity contribution >= 4 is 22.9 Å². The van der Waals surface area contributed by atoms with Gasteiger partial charge in [-0.05, 0) is 56.5 Å². The third kappa shape index (κ3) is 6.09. The van der Waals surface area contributed by atoms with Crippen LogP contribution in [-0.4, -0.2) is 60.0 Å². The molecule has 1 heterocycles. The Balaban J connectivity index is 1.51. The second-order valence-corrected chi connectivity index (χ2v) is 7.99. The number of nitrogens with zero attached hydrogens (tertiary/aromatic N) is 4. The van der Waals surface area contributed by atoms with E-state index in [0.29, 0.717) is 0 Å². The Morgan fingerprint density at radius 2 is 1.94 bits per heavy atom. The molecule has 0 radical (unpaired) electrons. The number of hydrogen-bond donors (Lipinski definition) is 2. The summed E-state index contributed by atoms with van der Waals surface area (Å²) in [5, 5.41) is 6.71. The van der Waals surface area contributed by atoms with Gasteiger partial charge in [0.25, 0.3) is 5.91 Å². The molecule has 2 N–H and O–H groups in total. The molecule has 1 amide bonds. The summed E-state index contributed by atoms with van der Waals surface area (Å²) < 4.78 is 2.26. The number of fused-ring (bicyclic) bond motifs is 1. The van der Waals surface area contributed by atoms with Gasteiger partial charge in [-0.2, -0.15) is 0 Å². The van der Waals surface area contributed by atoms with Gasteiger partial charge in [0.1, 0.15) is 5.82 Å². The zero-order chi connectivity index (χ0) is 22.9. The van der Waals surface area contributed by atoms with E-state index in [2.05, 4.69) is 58.3 Å². The Hall–Kier alpha value is -3.35. The van der Waals surface area contributed by atoms with Gasteiger partial charge in [0.15, 0.2) is 5.96 Å². The minimum Gasteiger partial charge on any atom is -0.357 e. The highest BCUT2D eigenvalue weighted by Crippen LogP contribution is 2.15. The van der Waals surface area contributed by atoms with E-state index in [1.807, 2.05) is 24.3 Å². The van der Waals surface area contributed by atoms with E-state index < -0.39 is 0 Å². The zero-order valence-electron chi connectivity index (χ0n) is 19.6. The zero-order valence-corrected chi connectivity index (χ0v) is 19.6. The first kappa shape index (κ1) is 23.3. The Morgan fingerprint density at radius 3 is 2.72 bits per heavy atom. The van der Waals surface area contributed by atoms with E-state index in [4.69, 9.17) is 4.99 Å². The normalized spacial score (nSPS) is 11.6. The smallest absolute Gasteiger partial charge is 0.253 e. The van der Waals surface area contributed by atoms with E-state index in [-0.39, 0.29) is 5.91 Å². The number of aryl methyl sites for hydroxylation is 2. The van der Waals surface area contributed by atoms with Crippen LogP contribution in [0, 0.1) is 6.92 Å². The van der Waals surface area contributed by atoms with Crippen molar-refractivity contribution in [2.24, 2.45) is 4.99 Å². The number of para-hydroxylation sites is 2. The molecular formula is C25H34N6O. The predicted molar refractivity (Wildman–Crippen MR) is 131 cm³/mol. The van der Waals surface area contributed by atoms with Crippen LogP contribution in [0.1, 0.15) is 35.1 Å². The van der Waals surface area contributed by atoms with Crippen LogP contribution >= 0.6 is 0 Å². The standard InChI is InChI=1S/C25H34N6O/c1-5-26-25(28-16-14-20-10-8-11-21(18-20)24(32)30(3)4)27-15-9-17-31-19(2)29-22-12-6-7-13-23(22)31/h6-8,10-13,18H,5,9,14-17H2,1-4H3,(H2,26,27,28). The van der Waals surface area contributed by atoms with Gasteiger partial charge in [-0.25, -0.2) is 4.98 Å². The van der Waals surface area contributed by atoms with Crippen molar-refractivity contribution in [2.75, 3.05) is 33.7 Å². The SMILES string of the molecule is CCNC(=NCCCn1c(C)nc2ccccc21)NCCc1cccc(C(=O)N(C)C)c1. The number of aromatic nitrogens is 2. The van der Waals surface area contributed by atoms with Crippen molar-refractivity contribution < 1.29 is 4.79 Å². The molecule has 0 spiro atoms. The maximum atomic E-state index is 12.2. The highest BCUT2D eigenvalue weighted by molar-refractivity contribution is 5.94. The predicted octanol–water partition coefficient (Wildman–Crippen LogP) is 3.23.